The van der Waals surface area contributed by atoms with E-state index in [0.717, 1.165) is 38.7 Å². The van der Waals surface area contributed by atoms with Gasteiger partial charge < -0.3 is 9.72 Å². The molecule has 0 saturated carbocycles. The summed E-state index contributed by atoms with van der Waals surface area (Å²) in [5, 5.41) is 13.1. The highest BCUT2D eigenvalue weighted by Crippen LogP contribution is 2.41. The normalized spacial score (nSPS) is 11.7. The van der Waals surface area contributed by atoms with Crippen molar-refractivity contribution in [2.45, 2.75) is 26.2 Å². The van der Waals surface area contributed by atoms with Crippen LogP contribution in [-0.2, 0) is 5.41 Å². The van der Waals surface area contributed by atoms with E-state index in [1.165, 1.54) is 11.3 Å². The Morgan fingerprint density at radius 1 is 1.29 bits per heavy atom. The maximum atomic E-state index is 12.5. The van der Waals surface area contributed by atoms with Crippen LogP contribution in [0.5, 0.6) is 5.75 Å². The van der Waals surface area contributed by atoms with Crippen LogP contribution in [0.15, 0.2) is 40.6 Å². The molecule has 0 aliphatic carbocycles. The number of rotatable bonds is 3. The lowest BCUT2D eigenvalue weighted by Crippen LogP contribution is -2.15. The lowest BCUT2D eigenvalue weighted by atomic mass is 9.89. The zero-order valence-electron chi connectivity index (χ0n) is 16.1. The second-order valence-corrected chi connectivity index (χ2v) is 8.22. The van der Waals surface area contributed by atoms with Crippen LogP contribution in [-0.4, -0.2) is 17.1 Å². The Bertz CT molecular complexity index is 1310. The van der Waals surface area contributed by atoms with Crippen LogP contribution in [0.4, 0.5) is 0 Å². The summed E-state index contributed by atoms with van der Waals surface area (Å²) in [6.07, 6.45) is 1.77. The van der Waals surface area contributed by atoms with E-state index < -0.39 is 5.41 Å². The standard InChI is InChI=1S/C22H19N3O2S/c1-12-9-15(27-4)17(13-5-6-16(24-10-13)22(2,3)11-23)18-14-7-8-28-20(14)21(26)25-19(12)18/h5-10H,1-4H3,(H,25,26). The largest absolute Gasteiger partial charge is 0.496 e. The van der Waals surface area contributed by atoms with Crippen LogP contribution < -0.4 is 10.3 Å². The summed E-state index contributed by atoms with van der Waals surface area (Å²) < 4.78 is 6.39. The van der Waals surface area contributed by atoms with Crippen molar-refractivity contribution in [2.24, 2.45) is 0 Å². The van der Waals surface area contributed by atoms with E-state index in [1.807, 2.05) is 50.4 Å². The molecular formula is C22H19N3O2S. The molecule has 28 heavy (non-hydrogen) atoms. The number of pyridine rings is 2. The summed E-state index contributed by atoms with van der Waals surface area (Å²) in [5.74, 6) is 0.721. The third-order valence-corrected chi connectivity index (χ3v) is 5.97. The van der Waals surface area contributed by atoms with E-state index in [1.54, 1.807) is 13.3 Å². The zero-order chi connectivity index (χ0) is 20.1. The highest BCUT2D eigenvalue weighted by Gasteiger charge is 2.23. The van der Waals surface area contributed by atoms with Gasteiger partial charge in [0.15, 0.2) is 0 Å². The number of nitriles is 1. The fourth-order valence-corrected chi connectivity index (χ4v) is 4.28. The predicted molar refractivity (Wildman–Crippen MR) is 113 cm³/mol. The van der Waals surface area contributed by atoms with E-state index in [0.29, 0.717) is 10.4 Å². The van der Waals surface area contributed by atoms with Gasteiger partial charge in [0.2, 0.25) is 0 Å². The van der Waals surface area contributed by atoms with Crippen molar-refractivity contribution in [3.05, 3.63) is 57.5 Å². The van der Waals surface area contributed by atoms with Crippen LogP contribution in [0.3, 0.4) is 0 Å². The fourth-order valence-electron chi connectivity index (χ4n) is 3.49. The average Bonchev–Trinajstić information content (AvgIpc) is 3.19. The fraction of sp³-hybridized carbons (Fsp3) is 0.227. The molecule has 5 nitrogen and oxygen atoms in total. The monoisotopic (exact) mass is 389 g/mol. The van der Waals surface area contributed by atoms with Gasteiger partial charge in [-0.3, -0.25) is 9.78 Å². The summed E-state index contributed by atoms with van der Waals surface area (Å²) in [4.78, 5) is 20.0. The number of aryl methyl sites for hydroxylation is 1. The van der Waals surface area contributed by atoms with Crippen LogP contribution in [0, 0.1) is 18.3 Å². The predicted octanol–water partition coefficient (Wildman–Crippen LogP) is 4.92. The number of hydrogen-bond donors (Lipinski definition) is 1. The van der Waals surface area contributed by atoms with E-state index >= 15 is 0 Å². The Morgan fingerprint density at radius 3 is 2.71 bits per heavy atom. The van der Waals surface area contributed by atoms with Crippen molar-refractivity contribution < 1.29 is 4.74 Å². The first-order valence-corrected chi connectivity index (χ1v) is 9.74. The average molecular weight is 389 g/mol. The third kappa shape index (κ3) is 2.67. The molecule has 0 aliphatic heterocycles. The minimum Gasteiger partial charge on any atom is -0.496 e. The van der Waals surface area contributed by atoms with Gasteiger partial charge in [0.05, 0.1) is 29.8 Å². The third-order valence-electron chi connectivity index (χ3n) is 5.06. The van der Waals surface area contributed by atoms with Gasteiger partial charge in [0.1, 0.15) is 10.4 Å². The Kier molecular flexibility index (Phi) is 4.20. The molecule has 0 aliphatic rings. The van der Waals surface area contributed by atoms with Gasteiger partial charge in [0.25, 0.3) is 5.56 Å². The number of H-pyrrole nitrogens is 1. The van der Waals surface area contributed by atoms with Crippen LogP contribution in [0.2, 0.25) is 0 Å². The van der Waals surface area contributed by atoms with Crippen molar-refractivity contribution in [1.82, 2.24) is 9.97 Å². The Labute approximate surface area is 166 Å². The van der Waals surface area contributed by atoms with Crippen LogP contribution in [0.1, 0.15) is 25.1 Å². The first-order valence-electron chi connectivity index (χ1n) is 8.86. The molecule has 0 fully saturated rings. The Morgan fingerprint density at radius 2 is 2.07 bits per heavy atom. The van der Waals surface area contributed by atoms with Gasteiger partial charge in [0, 0.05) is 28.1 Å². The smallest absolute Gasteiger partial charge is 0.266 e. The van der Waals surface area contributed by atoms with Gasteiger partial charge >= 0.3 is 0 Å². The lowest BCUT2D eigenvalue weighted by molar-refractivity contribution is 0.416. The number of thiophene rings is 1. The topological polar surface area (TPSA) is 78.8 Å². The lowest BCUT2D eigenvalue weighted by Gasteiger charge is -2.17. The van der Waals surface area contributed by atoms with Crippen molar-refractivity contribution in [1.29, 1.82) is 5.26 Å². The minimum atomic E-state index is -0.663. The number of benzene rings is 1. The van der Waals surface area contributed by atoms with Crippen LogP contribution >= 0.6 is 11.3 Å². The maximum Gasteiger partial charge on any atom is 0.266 e. The highest BCUT2D eigenvalue weighted by atomic mass is 32.1. The number of methoxy groups -OCH3 is 1. The molecule has 3 heterocycles. The van der Waals surface area contributed by atoms with Gasteiger partial charge in [-0.1, -0.05) is 6.07 Å². The number of aromatic amines is 1. The zero-order valence-corrected chi connectivity index (χ0v) is 16.9. The SMILES string of the molecule is COc1cc(C)c2[nH]c(=O)c3sccc3c2c1-c1ccc(C(C)(C)C#N)nc1. The van der Waals surface area contributed by atoms with E-state index in [4.69, 9.17) is 4.74 Å². The first-order chi connectivity index (χ1) is 13.4. The number of fused-ring (bicyclic) bond motifs is 3. The molecule has 0 spiro atoms. The molecule has 0 bridgehead atoms. The molecule has 1 aromatic carbocycles. The molecule has 3 aromatic heterocycles. The van der Waals surface area contributed by atoms with Crippen molar-refractivity contribution in [2.75, 3.05) is 7.11 Å². The number of nitrogens with one attached hydrogen (secondary N) is 1. The molecule has 0 unspecified atom stereocenters. The molecule has 0 amide bonds. The summed E-state index contributed by atoms with van der Waals surface area (Å²) >= 11 is 1.42. The summed E-state index contributed by atoms with van der Waals surface area (Å²) in [7, 11) is 1.64. The molecule has 4 aromatic rings. The van der Waals surface area contributed by atoms with E-state index in [-0.39, 0.29) is 5.56 Å². The van der Waals surface area contributed by atoms with Crippen molar-refractivity contribution in [3.8, 4) is 22.9 Å². The number of aromatic nitrogens is 2. The summed E-state index contributed by atoms with van der Waals surface area (Å²) in [6, 6.07) is 10.0. The molecule has 4 rings (SSSR count). The number of hydrogen-bond acceptors (Lipinski definition) is 5. The highest BCUT2D eigenvalue weighted by molar-refractivity contribution is 7.17. The molecule has 0 atom stereocenters. The van der Waals surface area contributed by atoms with Crippen LogP contribution in [0.25, 0.3) is 32.1 Å². The summed E-state index contributed by atoms with van der Waals surface area (Å²) in [6.45, 7) is 5.65. The van der Waals surface area contributed by atoms with Gasteiger partial charge in [-0.25, -0.2) is 0 Å². The quantitative estimate of drug-likeness (QED) is 0.539. The first kappa shape index (κ1) is 18.2. The molecule has 0 radical (unpaired) electrons. The number of nitrogens with zero attached hydrogens (tertiary/aromatic N) is 2. The van der Waals surface area contributed by atoms with Gasteiger partial charge in [-0.15, -0.1) is 11.3 Å². The van der Waals surface area contributed by atoms with E-state index in [2.05, 4.69) is 16.0 Å². The van der Waals surface area contributed by atoms with Gasteiger partial charge in [-0.05, 0) is 49.9 Å². The molecule has 1 N–H and O–H groups in total. The molecule has 140 valence electrons. The molecule has 6 heteroatoms. The molecular weight excluding hydrogens is 370 g/mol. The Hall–Kier alpha value is -3.17. The summed E-state index contributed by atoms with van der Waals surface area (Å²) in [5.41, 5.74) is 3.47. The van der Waals surface area contributed by atoms with Crippen molar-refractivity contribution >= 4 is 32.3 Å². The number of ether oxygens (including phenoxy) is 1. The maximum absolute atomic E-state index is 12.5. The van der Waals surface area contributed by atoms with Crippen molar-refractivity contribution in [3.63, 3.8) is 0 Å². The molecule has 0 saturated heterocycles. The Balaban J connectivity index is 2.09. The van der Waals surface area contributed by atoms with E-state index in [9.17, 15) is 10.1 Å². The second kappa shape index (κ2) is 6.47. The second-order valence-electron chi connectivity index (χ2n) is 7.31. The minimum absolute atomic E-state index is 0.0824. The van der Waals surface area contributed by atoms with Gasteiger partial charge in [-0.2, -0.15) is 5.26 Å².